The van der Waals surface area contributed by atoms with E-state index in [1.54, 1.807) is 7.11 Å². The van der Waals surface area contributed by atoms with Crippen LogP contribution in [0.1, 0.15) is 6.42 Å². The van der Waals surface area contributed by atoms with Gasteiger partial charge in [-0.05, 0) is 18.1 Å². The number of pyridine rings is 1. The Labute approximate surface area is 219 Å². The number of methoxy groups -OCH3 is 1. The van der Waals surface area contributed by atoms with E-state index in [-0.39, 0.29) is 12.1 Å². The molecule has 4 aromatic rings. The summed E-state index contributed by atoms with van der Waals surface area (Å²) in [4.78, 5) is 19.8. The lowest BCUT2D eigenvalue weighted by molar-refractivity contribution is 0.160. The van der Waals surface area contributed by atoms with Crippen molar-refractivity contribution in [1.82, 2.24) is 15.2 Å². The van der Waals surface area contributed by atoms with Crippen molar-refractivity contribution in [3.8, 4) is 22.4 Å². The number of hydrogen-bond acceptors (Lipinski definition) is 4. The summed E-state index contributed by atoms with van der Waals surface area (Å²) in [6, 6.07) is 33.9. The van der Waals surface area contributed by atoms with E-state index >= 15 is 0 Å². The third kappa shape index (κ3) is 8.00. The van der Waals surface area contributed by atoms with Crippen LogP contribution in [-0.4, -0.2) is 55.3 Å². The summed E-state index contributed by atoms with van der Waals surface area (Å²) in [6.07, 6.45) is 2.79. The molecule has 190 valence electrons. The van der Waals surface area contributed by atoms with Crippen molar-refractivity contribution in [3.63, 3.8) is 0 Å². The minimum absolute atomic E-state index is 0.127. The number of nitrogens with zero attached hydrogens (tertiary/aromatic N) is 2. The van der Waals surface area contributed by atoms with Crippen molar-refractivity contribution in [2.24, 2.45) is 0 Å². The summed E-state index contributed by atoms with van der Waals surface area (Å²) in [6.45, 7) is 3.40. The molecule has 1 unspecified atom stereocenters. The highest BCUT2D eigenvalue weighted by Gasteiger charge is 2.24. The van der Waals surface area contributed by atoms with Gasteiger partial charge in [0.15, 0.2) is 0 Å². The molecule has 0 bridgehead atoms. The second-order valence-electron chi connectivity index (χ2n) is 8.88. The van der Waals surface area contributed by atoms with Gasteiger partial charge in [0.2, 0.25) is 0 Å². The van der Waals surface area contributed by atoms with E-state index in [9.17, 15) is 4.79 Å². The minimum atomic E-state index is -0.206. The Kier molecular flexibility index (Phi) is 9.81. The van der Waals surface area contributed by atoms with Crippen molar-refractivity contribution in [1.29, 1.82) is 0 Å². The second kappa shape index (κ2) is 13.9. The van der Waals surface area contributed by atoms with Gasteiger partial charge in [-0.3, -0.25) is 9.88 Å². The molecular weight excluding hydrogens is 460 g/mol. The molecule has 0 spiro atoms. The summed E-state index contributed by atoms with van der Waals surface area (Å²) in [7, 11) is 1.71. The van der Waals surface area contributed by atoms with Gasteiger partial charge in [-0.25, -0.2) is 4.79 Å². The van der Waals surface area contributed by atoms with Crippen molar-refractivity contribution < 1.29 is 9.53 Å². The second-order valence-corrected chi connectivity index (χ2v) is 8.88. The number of hydrogen-bond donors (Lipinski definition) is 2. The zero-order valence-corrected chi connectivity index (χ0v) is 21.2. The van der Waals surface area contributed by atoms with Crippen LogP contribution < -0.4 is 10.6 Å². The lowest BCUT2D eigenvalue weighted by Crippen LogP contribution is -2.40. The zero-order chi connectivity index (χ0) is 25.7. The number of nitrogens with one attached hydrogen (secondary N) is 2. The van der Waals surface area contributed by atoms with Gasteiger partial charge >= 0.3 is 6.03 Å². The smallest absolute Gasteiger partial charge is 0.319 e. The monoisotopic (exact) mass is 494 g/mol. The predicted octanol–water partition coefficient (Wildman–Crippen LogP) is 5.94. The average molecular weight is 495 g/mol. The number of anilines is 1. The van der Waals surface area contributed by atoms with Crippen LogP contribution in [0.2, 0.25) is 0 Å². The van der Waals surface area contributed by atoms with Crippen molar-refractivity contribution >= 4 is 11.7 Å². The van der Waals surface area contributed by atoms with Gasteiger partial charge < -0.3 is 15.4 Å². The number of carbonyl (C=O) groups excluding carboxylic acids is 1. The minimum Gasteiger partial charge on any atom is -0.383 e. The number of rotatable bonds is 7. The fraction of sp³-hybridized carbons (Fsp3) is 0.226. The largest absolute Gasteiger partial charge is 0.383 e. The summed E-state index contributed by atoms with van der Waals surface area (Å²) < 4.78 is 5.15. The van der Waals surface area contributed by atoms with Gasteiger partial charge in [0.25, 0.3) is 0 Å². The van der Waals surface area contributed by atoms with Crippen molar-refractivity contribution in [2.75, 3.05) is 38.7 Å². The molecule has 1 atom stereocenters. The van der Waals surface area contributed by atoms with Gasteiger partial charge in [-0.15, -0.1) is 0 Å². The molecule has 3 aromatic carbocycles. The molecule has 1 fully saturated rings. The SMILES string of the molecule is COCCN1CCC(NC(=O)Nc2cc(-c3ccccc3)cnc2-c2ccccc2)C1.c1ccccc1. The van der Waals surface area contributed by atoms with E-state index in [4.69, 9.17) is 9.72 Å². The van der Waals surface area contributed by atoms with Gasteiger partial charge in [0.1, 0.15) is 0 Å². The van der Waals surface area contributed by atoms with E-state index in [1.165, 1.54) is 0 Å². The van der Waals surface area contributed by atoms with Crippen molar-refractivity contribution in [2.45, 2.75) is 12.5 Å². The molecule has 1 aromatic heterocycles. The summed E-state index contributed by atoms with van der Waals surface area (Å²) in [5, 5.41) is 6.16. The molecule has 5 rings (SSSR count). The van der Waals surface area contributed by atoms with E-state index in [1.807, 2.05) is 109 Å². The van der Waals surface area contributed by atoms with Crippen LogP contribution in [0.5, 0.6) is 0 Å². The Morgan fingerprint density at radius 3 is 2.11 bits per heavy atom. The fourth-order valence-electron chi connectivity index (χ4n) is 4.28. The molecule has 2 amide bonds. The molecule has 0 saturated carbocycles. The molecule has 1 aliphatic heterocycles. The third-order valence-electron chi connectivity index (χ3n) is 6.18. The van der Waals surface area contributed by atoms with Crippen LogP contribution in [-0.2, 0) is 4.74 Å². The van der Waals surface area contributed by atoms with Gasteiger partial charge in [-0.1, -0.05) is 97.1 Å². The first-order chi connectivity index (χ1) is 18.2. The maximum atomic E-state index is 12.8. The maximum Gasteiger partial charge on any atom is 0.319 e. The number of amides is 2. The summed E-state index contributed by atoms with van der Waals surface area (Å²) >= 11 is 0. The molecule has 1 saturated heterocycles. The number of carbonyl (C=O) groups is 1. The number of benzene rings is 3. The maximum absolute atomic E-state index is 12.8. The summed E-state index contributed by atoms with van der Waals surface area (Å²) in [5.41, 5.74) is 4.43. The quantitative estimate of drug-likeness (QED) is 0.333. The standard InChI is InChI=1S/C25H28N4O2.C6H6/c1-31-15-14-29-13-12-22(18-29)27-25(30)28-23-16-21(19-8-4-2-5-9-19)17-26-24(23)20-10-6-3-7-11-20;1-2-4-6-5-3-1/h2-11,16-17,22H,12-15,18H2,1H3,(H2,27,28,30);1-6H. The average Bonchev–Trinajstić information content (AvgIpc) is 3.41. The van der Waals surface area contributed by atoms with Crippen LogP contribution in [0.4, 0.5) is 10.5 Å². The first kappa shape index (κ1) is 26.1. The molecule has 6 heteroatoms. The number of likely N-dealkylation sites (tertiary alicyclic amines) is 1. The fourth-order valence-corrected chi connectivity index (χ4v) is 4.28. The predicted molar refractivity (Wildman–Crippen MR) is 150 cm³/mol. The highest BCUT2D eigenvalue weighted by molar-refractivity contribution is 5.94. The third-order valence-corrected chi connectivity index (χ3v) is 6.18. The summed E-state index contributed by atoms with van der Waals surface area (Å²) in [5.74, 6) is 0. The molecule has 2 heterocycles. The number of aromatic nitrogens is 1. The zero-order valence-electron chi connectivity index (χ0n) is 21.2. The van der Waals surface area contributed by atoms with Crippen LogP contribution in [0, 0.1) is 0 Å². The van der Waals surface area contributed by atoms with Gasteiger partial charge in [-0.2, -0.15) is 0 Å². The lowest BCUT2D eigenvalue weighted by atomic mass is 10.0. The molecule has 6 nitrogen and oxygen atoms in total. The molecule has 0 radical (unpaired) electrons. The Hall–Kier alpha value is -4.00. The highest BCUT2D eigenvalue weighted by Crippen LogP contribution is 2.30. The topological polar surface area (TPSA) is 66.5 Å². The first-order valence-electron chi connectivity index (χ1n) is 12.6. The van der Waals surface area contributed by atoms with Crippen LogP contribution in [0.15, 0.2) is 109 Å². The number of urea groups is 1. The first-order valence-corrected chi connectivity index (χ1v) is 12.6. The van der Waals surface area contributed by atoms with Crippen LogP contribution >= 0.6 is 0 Å². The molecule has 0 aliphatic carbocycles. The van der Waals surface area contributed by atoms with Crippen molar-refractivity contribution in [3.05, 3.63) is 109 Å². The Balaban J connectivity index is 0.000000469. The Bertz CT molecular complexity index is 1190. The van der Waals surface area contributed by atoms with E-state index in [0.29, 0.717) is 12.3 Å². The molecule has 37 heavy (non-hydrogen) atoms. The van der Waals surface area contributed by atoms with Gasteiger partial charge in [0.05, 0.1) is 18.0 Å². The van der Waals surface area contributed by atoms with Crippen LogP contribution in [0.25, 0.3) is 22.4 Å². The lowest BCUT2D eigenvalue weighted by Gasteiger charge is -2.17. The van der Waals surface area contributed by atoms with Crippen LogP contribution in [0.3, 0.4) is 0 Å². The molecular formula is C31H34N4O2. The molecule has 1 aliphatic rings. The van der Waals surface area contributed by atoms with E-state index in [0.717, 1.165) is 48.4 Å². The molecule has 2 N–H and O–H groups in total. The highest BCUT2D eigenvalue weighted by atomic mass is 16.5. The van der Waals surface area contributed by atoms with E-state index < -0.39 is 0 Å². The number of ether oxygens (including phenoxy) is 1. The normalized spacial score (nSPS) is 14.9. The Morgan fingerprint density at radius 2 is 1.49 bits per heavy atom. The van der Waals surface area contributed by atoms with E-state index in [2.05, 4.69) is 15.5 Å². The Morgan fingerprint density at radius 1 is 0.892 bits per heavy atom. The van der Waals surface area contributed by atoms with Gasteiger partial charge in [0, 0.05) is 50.1 Å².